The van der Waals surface area contributed by atoms with Crippen molar-refractivity contribution in [2.45, 2.75) is 105 Å². The minimum absolute atomic E-state index is 0.126. The quantitative estimate of drug-likeness (QED) is 0.472. The summed E-state index contributed by atoms with van der Waals surface area (Å²) in [5, 5.41) is 11.0. The van der Waals surface area contributed by atoms with E-state index in [0.717, 1.165) is 36.5 Å². The second kappa shape index (κ2) is 8.42. The Morgan fingerprint density at radius 3 is 2.53 bits per heavy atom. The molecular weight excluding hydrogens is 364 g/mol. The zero-order valence-corrected chi connectivity index (χ0v) is 20.7. The fraction of sp³-hybridized carbons (Fsp3) is 0.862. The van der Waals surface area contributed by atoms with Crippen molar-refractivity contribution in [1.82, 2.24) is 0 Å². The number of hydrogen-bond acceptors (Lipinski definition) is 1. The van der Waals surface area contributed by atoms with Gasteiger partial charge in [0.2, 0.25) is 0 Å². The molecule has 1 N–H and O–H groups in total. The highest BCUT2D eigenvalue weighted by molar-refractivity contribution is 5.30. The van der Waals surface area contributed by atoms with Gasteiger partial charge < -0.3 is 5.11 Å². The molecule has 4 aliphatic carbocycles. The molecule has 1 heteroatoms. The normalized spacial score (nSPS) is 43.4. The number of hydrogen-bond donors (Lipinski definition) is 1. The van der Waals surface area contributed by atoms with E-state index in [0.29, 0.717) is 28.6 Å². The predicted molar refractivity (Wildman–Crippen MR) is 128 cm³/mol. The largest absolute Gasteiger partial charge is 0.393 e. The monoisotopic (exact) mass is 412 g/mol. The molecule has 30 heavy (non-hydrogen) atoms. The Morgan fingerprint density at radius 2 is 1.83 bits per heavy atom. The summed E-state index contributed by atoms with van der Waals surface area (Å²) >= 11 is 0. The fourth-order valence-electron chi connectivity index (χ4n) is 9.26. The lowest BCUT2D eigenvalue weighted by atomic mass is 9.47. The number of allylic oxidation sites excluding steroid dienone is 4. The van der Waals surface area contributed by atoms with Gasteiger partial charge in [-0.25, -0.2) is 0 Å². The van der Waals surface area contributed by atoms with Crippen LogP contribution in [0.25, 0.3) is 0 Å². The third-order valence-electron chi connectivity index (χ3n) is 10.9. The Hall–Kier alpha value is -0.560. The fourth-order valence-corrected chi connectivity index (χ4v) is 9.26. The van der Waals surface area contributed by atoms with Gasteiger partial charge in [0.05, 0.1) is 6.10 Å². The van der Waals surface area contributed by atoms with E-state index in [-0.39, 0.29) is 6.10 Å². The maximum Gasteiger partial charge on any atom is 0.0573 e. The van der Waals surface area contributed by atoms with Crippen LogP contribution in [0, 0.1) is 52.3 Å². The molecule has 4 aliphatic rings. The van der Waals surface area contributed by atoms with E-state index < -0.39 is 0 Å². The molecule has 0 spiro atoms. The van der Waals surface area contributed by atoms with E-state index in [2.05, 4.69) is 59.8 Å². The third kappa shape index (κ3) is 3.56. The van der Waals surface area contributed by atoms with E-state index in [9.17, 15) is 5.11 Å². The second-order valence-electron chi connectivity index (χ2n) is 12.5. The van der Waals surface area contributed by atoms with E-state index in [1.165, 1.54) is 44.9 Å². The summed E-state index contributed by atoms with van der Waals surface area (Å²) in [4.78, 5) is 0. The van der Waals surface area contributed by atoms with Crippen LogP contribution in [0.1, 0.15) is 99.3 Å². The van der Waals surface area contributed by atoms with Crippen molar-refractivity contribution in [3.8, 4) is 0 Å². The highest BCUT2D eigenvalue weighted by atomic mass is 16.3. The van der Waals surface area contributed by atoms with Crippen LogP contribution < -0.4 is 0 Å². The molecular formula is C29H48O. The van der Waals surface area contributed by atoms with Crippen LogP contribution in [0.15, 0.2) is 23.8 Å². The number of aliphatic hydroxyl groups is 1. The van der Waals surface area contributed by atoms with Crippen molar-refractivity contribution in [3.63, 3.8) is 0 Å². The maximum atomic E-state index is 11.0. The summed E-state index contributed by atoms with van der Waals surface area (Å²) in [6, 6.07) is 0. The lowest BCUT2D eigenvalue weighted by Gasteiger charge is -2.58. The maximum absolute atomic E-state index is 11.0. The molecule has 0 aromatic carbocycles. The third-order valence-corrected chi connectivity index (χ3v) is 10.9. The molecule has 0 bridgehead atoms. The van der Waals surface area contributed by atoms with Crippen LogP contribution in [0.4, 0.5) is 0 Å². The van der Waals surface area contributed by atoms with Crippen LogP contribution in [0.2, 0.25) is 0 Å². The second-order valence-corrected chi connectivity index (χ2v) is 12.5. The van der Waals surface area contributed by atoms with Crippen molar-refractivity contribution in [2.24, 2.45) is 52.3 Å². The first-order valence-electron chi connectivity index (χ1n) is 13.3. The van der Waals surface area contributed by atoms with Crippen LogP contribution in [0.5, 0.6) is 0 Å². The Bertz CT molecular complexity index is 674. The smallest absolute Gasteiger partial charge is 0.0573 e. The molecule has 0 saturated heterocycles. The Balaban J connectivity index is 1.49. The van der Waals surface area contributed by atoms with Crippen molar-refractivity contribution < 1.29 is 5.11 Å². The van der Waals surface area contributed by atoms with Crippen molar-refractivity contribution >= 4 is 0 Å². The zero-order valence-electron chi connectivity index (χ0n) is 20.7. The number of aliphatic hydroxyl groups excluding tert-OH is 1. The standard InChI is InChI=1S/C29H48O/c1-7-22(19(2)3)27(30)18-20(4)24-13-14-25-23-12-11-21-10-8-9-16-28(21,5)26(23)15-17-29(24,25)6/h8-10,19-20,22-27,30H,7,11-18H2,1-6H3/t20-,22+,23+,24-,25+,26+,27?,28+,29-/m1/s1. The summed E-state index contributed by atoms with van der Waals surface area (Å²) in [6.45, 7) is 14.5. The first-order valence-corrected chi connectivity index (χ1v) is 13.3. The molecule has 0 aromatic heterocycles. The zero-order chi connectivity index (χ0) is 21.7. The van der Waals surface area contributed by atoms with Gasteiger partial charge in [0.1, 0.15) is 0 Å². The van der Waals surface area contributed by atoms with Gasteiger partial charge in [-0.15, -0.1) is 0 Å². The summed E-state index contributed by atoms with van der Waals surface area (Å²) in [6.07, 6.45) is 18.9. The minimum atomic E-state index is -0.126. The average Bonchev–Trinajstić information content (AvgIpc) is 3.05. The molecule has 0 heterocycles. The molecule has 0 aromatic rings. The first kappa shape index (κ1) is 22.6. The van der Waals surface area contributed by atoms with Crippen LogP contribution in [-0.4, -0.2) is 11.2 Å². The molecule has 170 valence electrons. The van der Waals surface area contributed by atoms with Gasteiger partial charge in [0, 0.05) is 0 Å². The Labute approximate surface area is 186 Å². The van der Waals surface area contributed by atoms with Gasteiger partial charge in [0.15, 0.2) is 0 Å². The molecule has 3 saturated carbocycles. The van der Waals surface area contributed by atoms with Crippen LogP contribution in [0.3, 0.4) is 0 Å². The lowest BCUT2D eigenvalue weighted by molar-refractivity contribution is -0.0592. The lowest BCUT2D eigenvalue weighted by Crippen LogP contribution is -2.50. The van der Waals surface area contributed by atoms with Gasteiger partial charge >= 0.3 is 0 Å². The van der Waals surface area contributed by atoms with E-state index in [4.69, 9.17) is 0 Å². The summed E-state index contributed by atoms with van der Waals surface area (Å²) in [7, 11) is 0. The first-order chi connectivity index (χ1) is 14.2. The summed E-state index contributed by atoms with van der Waals surface area (Å²) in [5.41, 5.74) is 2.69. The van der Waals surface area contributed by atoms with Crippen molar-refractivity contribution in [1.29, 1.82) is 0 Å². The summed E-state index contributed by atoms with van der Waals surface area (Å²) < 4.78 is 0. The van der Waals surface area contributed by atoms with Gasteiger partial charge in [-0.1, -0.05) is 71.8 Å². The number of rotatable bonds is 6. The molecule has 1 nitrogen and oxygen atoms in total. The van der Waals surface area contributed by atoms with E-state index in [1.807, 2.05) is 0 Å². The van der Waals surface area contributed by atoms with Crippen LogP contribution >= 0.6 is 0 Å². The summed E-state index contributed by atoms with van der Waals surface area (Å²) in [5.74, 6) is 5.22. The molecule has 0 amide bonds. The molecule has 4 rings (SSSR count). The topological polar surface area (TPSA) is 20.2 Å². The van der Waals surface area contributed by atoms with E-state index >= 15 is 0 Å². The molecule has 0 radical (unpaired) electrons. The number of fused-ring (bicyclic) bond motifs is 5. The Morgan fingerprint density at radius 1 is 1.07 bits per heavy atom. The van der Waals surface area contributed by atoms with Gasteiger partial charge in [-0.2, -0.15) is 0 Å². The predicted octanol–water partition coefficient (Wildman–Crippen LogP) is 7.80. The molecule has 1 unspecified atom stereocenters. The van der Waals surface area contributed by atoms with Crippen molar-refractivity contribution in [2.75, 3.05) is 0 Å². The molecule has 3 fully saturated rings. The minimum Gasteiger partial charge on any atom is -0.393 e. The van der Waals surface area contributed by atoms with Gasteiger partial charge in [0.25, 0.3) is 0 Å². The highest BCUT2D eigenvalue weighted by Crippen LogP contribution is 2.67. The van der Waals surface area contributed by atoms with Crippen LogP contribution in [-0.2, 0) is 0 Å². The molecule has 9 atom stereocenters. The Kier molecular flexibility index (Phi) is 6.35. The van der Waals surface area contributed by atoms with Gasteiger partial charge in [-0.3, -0.25) is 0 Å². The SMILES string of the molecule is CC[C@@H](C(C)C)C(O)C[C@@H](C)[C@H]1CC[C@H]2[C@@H]3CCC4=CC=CC[C@]4(C)[C@H]3CC[C@]12C. The highest BCUT2D eigenvalue weighted by Gasteiger charge is 2.59. The van der Waals surface area contributed by atoms with E-state index in [1.54, 1.807) is 5.57 Å². The average molecular weight is 413 g/mol. The molecule has 0 aliphatic heterocycles. The van der Waals surface area contributed by atoms with Crippen molar-refractivity contribution in [3.05, 3.63) is 23.8 Å². The van der Waals surface area contributed by atoms with Gasteiger partial charge in [-0.05, 0) is 104 Å².